The summed E-state index contributed by atoms with van der Waals surface area (Å²) in [6.45, 7) is 7.34. The smallest absolute Gasteiger partial charge is 0.309 e. The van der Waals surface area contributed by atoms with Crippen molar-refractivity contribution in [3.8, 4) is 11.5 Å². The quantitative estimate of drug-likeness (QED) is 0.239. The second-order valence-electron chi connectivity index (χ2n) is 11.4. The maximum atomic E-state index is 13.4. The second-order valence-corrected chi connectivity index (χ2v) is 11.8. The number of aryl methyl sites for hydroxylation is 1. The zero-order valence-electron chi connectivity index (χ0n) is 23.4. The van der Waals surface area contributed by atoms with E-state index in [2.05, 4.69) is 26.3 Å². The van der Waals surface area contributed by atoms with Crippen LogP contribution in [0.4, 0.5) is 11.6 Å². The van der Waals surface area contributed by atoms with E-state index in [0.29, 0.717) is 28.5 Å². The highest BCUT2D eigenvalue weighted by Gasteiger charge is 2.51. The van der Waals surface area contributed by atoms with Gasteiger partial charge in [-0.2, -0.15) is 5.10 Å². The Hall–Kier alpha value is -4.77. The van der Waals surface area contributed by atoms with Gasteiger partial charge >= 0.3 is 5.97 Å². The van der Waals surface area contributed by atoms with Crippen molar-refractivity contribution in [3.63, 3.8) is 0 Å². The highest BCUT2D eigenvalue weighted by atomic mass is 35.5. The number of rotatable bonds is 7. The monoisotopic (exact) mass is 585 g/mol. The zero-order valence-corrected chi connectivity index (χ0v) is 24.2. The Morgan fingerprint density at radius 1 is 1.19 bits per heavy atom. The van der Waals surface area contributed by atoms with E-state index in [1.807, 2.05) is 41.9 Å². The van der Waals surface area contributed by atoms with Crippen molar-refractivity contribution in [1.29, 1.82) is 0 Å². The fourth-order valence-electron chi connectivity index (χ4n) is 5.28. The summed E-state index contributed by atoms with van der Waals surface area (Å²) in [5, 5.41) is 18.5. The minimum absolute atomic E-state index is 0.0665. The van der Waals surface area contributed by atoms with E-state index in [-0.39, 0.29) is 29.8 Å². The standard InChI is InChI=1S/C30H28ClN7O4/c1-15-6-5-7-16(10-15)13-38-20-11-17(31)8-9-19(20)22(37-38)25-34-23(32)21-24(35-25)36-26(39)30(21,4)27-33-18(14-42-27)12-29(2,3)28(40)41/h5-11,14H,12-13H2,1-4H3,(H,40,41)(H3,32,34,35,36,39). The molecule has 0 bridgehead atoms. The van der Waals surface area contributed by atoms with Gasteiger partial charge in [-0.25, -0.2) is 15.0 Å². The number of anilines is 2. The van der Waals surface area contributed by atoms with Crippen LogP contribution in [0.15, 0.2) is 53.1 Å². The number of fused-ring (bicyclic) bond motifs is 2. The number of aliphatic carboxylic acids is 1. The minimum atomic E-state index is -1.43. The molecule has 0 radical (unpaired) electrons. The first-order valence-electron chi connectivity index (χ1n) is 13.3. The lowest BCUT2D eigenvalue weighted by atomic mass is 9.84. The van der Waals surface area contributed by atoms with Gasteiger partial charge in [0.2, 0.25) is 11.8 Å². The minimum Gasteiger partial charge on any atom is -0.481 e. The van der Waals surface area contributed by atoms with E-state index in [9.17, 15) is 14.7 Å². The number of nitrogens with one attached hydrogen (secondary N) is 1. The average Bonchev–Trinajstić information content (AvgIpc) is 3.59. The maximum Gasteiger partial charge on any atom is 0.309 e. The van der Waals surface area contributed by atoms with E-state index in [1.165, 1.54) is 6.26 Å². The summed E-state index contributed by atoms with van der Waals surface area (Å²) in [6.07, 6.45) is 1.48. The van der Waals surface area contributed by atoms with E-state index >= 15 is 0 Å². The summed E-state index contributed by atoms with van der Waals surface area (Å²) in [7, 11) is 0. The number of carbonyl (C=O) groups excluding carboxylic acids is 1. The van der Waals surface area contributed by atoms with E-state index in [4.69, 9.17) is 26.9 Å². The highest BCUT2D eigenvalue weighted by molar-refractivity contribution is 6.31. The van der Waals surface area contributed by atoms with Crippen LogP contribution in [0.25, 0.3) is 22.4 Å². The van der Waals surface area contributed by atoms with Gasteiger partial charge in [0.25, 0.3) is 0 Å². The van der Waals surface area contributed by atoms with Crippen molar-refractivity contribution in [2.45, 2.75) is 46.1 Å². The molecule has 11 nitrogen and oxygen atoms in total. The number of oxazole rings is 1. The summed E-state index contributed by atoms with van der Waals surface area (Å²) >= 11 is 6.35. The molecule has 0 saturated heterocycles. The predicted molar refractivity (Wildman–Crippen MR) is 157 cm³/mol. The lowest BCUT2D eigenvalue weighted by Crippen LogP contribution is -2.33. The van der Waals surface area contributed by atoms with Gasteiger partial charge in [0.1, 0.15) is 23.6 Å². The molecular weight excluding hydrogens is 558 g/mol. The van der Waals surface area contributed by atoms with Gasteiger partial charge in [-0.1, -0.05) is 41.4 Å². The molecule has 2 aromatic carbocycles. The molecule has 214 valence electrons. The number of nitrogens with zero attached hydrogens (tertiary/aromatic N) is 5. The summed E-state index contributed by atoms with van der Waals surface area (Å²) in [5.41, 5.74) is 8.23. The van der Waals surface area contributed by atoms with Gasteiger partial charge in [-0.3, -0.25) is 14.3 Å². The van der Waals surface area contributed by atoms with Crippen LogP contribution in [0.2, 0.25) is 5.02 Å². The number of aromatic nitrogens is 5. The van der Waals surface area contributed by atoms with E-state index in [0.717, 1.165) is 22.0 Å². The number of hydrogen-bond acceptors (Lipinski definition) is 8. The molecule has 1 aliphatic heterocycles. The molecule has 3 aromatic heterocycles. The largest absolute Gasteiger partial charge is 0.481 e. The van der Waals surface area contributed by atoms with Crippen LogP contribution in [0.3, 0.4) is 0 Å². The van der Waals surface area contributed by atoms with Crippen molar-refractivity contribution in [2.75, 3.05) is 11.1 Å². The van der Waals surface area contributed by atoms with Crippen molar-refractivity contribution in [3.05, 3.63) is 82.0 Å². The Balaban J connectivity index is 1.41. The zero-order chi connectivity index (χ0) is 30.0. The second kappa shape index (κ2) is 9.66. The average molecular weight is 586 g/mol. The van der Waals surface area contributed by atoms with Crippen LogP contribution in [-0.2, 0) is 28.0 Å². The fourth-order valence-corrected chi connectivity index (χ4v) is 5.45. The predicted octanol–water partition coefficient (Wildman–Crippen LogP) is 4.99. The lowest BCUT2D eigenvalue weighted by Gasteiger charge is -2.19. The molecule has 1 atom stereocenters. The molecule has 4 heterocycles. The van der Waals surface area contributed by atoms with Crippen molar-refractivity contribution >= 4 is 46.0 Å². The van der Waals surface area contributed by atoms with Gasteiger partial charge < -0.3 is 20.6 Å². The molecule has 0 aliphatic carbocycles. The third kappa shape index (κ3) is 4.46. The summed E-state index contributed by atoms with van der Waals surface area (Å²) < 4.78 is 7.55. The van der Waals surface area contributed by atoms with Gasteiger partial charge in [0.05, 0.1) is 28.7 Å². The van der Waals surface area contributed by atoms with E-state index in [1.54, 1.807) is 26.8 Å². The molecule has 1 aliphatic rings. The number of benzene rings is 2. The van der Waals surface area contributed by atoms with Crippen LogP contribution < -0.4 is 11.1 Å². The molecule has 5 aromatic rings. The maximum absolute atomic E-state index is 13.4. The number of carboxylic acid groups (broad SMARTS) is 1. The summed E-state index contributed by atoms with van der Waals surface area (Å²) in [5.74, 6) is -0.808. The normalized spacial score (nSPS) is 16.5. The number of hydrogen-bond donors (Lipinski definition) is 3. The number of nitrogens with two attached hydrogens (primary N) is 1. The third-order valence-corrected chi connectivity index (χ3v) is 7.88. The number of carbonyl (C=O) groups is 2. The van der Waals surface area contributed by atoms with Crippen molar-refractivity contribution in [1.82, 2.24) is 24.7 Å². The molecule has 0 spiro atoms. The molecule has 0 saturated carbocycles. The number of halogens is 1. The van der Waals surface area contributed by atoms with Gasteiger partial charge in [-0.15, -0.1) is 0 Å². The molecular formula is C30H28ClN7O4. The first-order chi connectivity index (χ1) is 19.9. The number of nitrogen functional groups attached to an aromatic ring is 1. The number of amides is 1. The Bertz CT molecular complexity index is 1910. The molecule has 6 rings (SSSR count). The Labute approximate surface area is 245 Å². The van der Waals surface area contributed by atoms with Gasteiger partial charge in [-0.05, 0) is 51.5 Å². The molecule has 1 amide bonds. The third-order valence-electron chi connectivity index (χ3n) is 7.64. The lowest BCUT2D eigenvalue weighted by molar-refractivity contribution is -0.146. The summed E-state index contributed by atoms with van der Waals surface area (Å²) in [4.78, 5) is 38.7. The topological polar surface area (TPSA) is 162 Å². The molecule has 12 heteroatoms. The summed E-state index contributed by atoms with van der Waals surface area (Å²) in [6, 6.07) is 13.6. The molecule has 1 unspecified atom stereocenters. The molecule has 42 heavy (non-hydrogen) atoms. The van der Waals surface area contributed by atoms with Gasteiger partial charge in [0.15, 0.2) is 11.2 Å². The van der Waals surface area contributed by atoms with Crippen molar-refractivity contribution in [2.24, 2.45) is 5.41 Å². The van der Waals surface area contributed by atoms with Crippen LogP contribution in [0, 0.1) is 12.3 Å². The van der Waals surface area contributed by atoms with E-state index < -0.39 is 22.7 Å². The molecule has 4 N–H and O–H groups in total. The Morgan fingerprint density at radius 3 is 2.71 bits per heavy atom. The van der Waals surface area contributed by atoms with Crippen LogP contribution in [0.5, 0.6) is 0 Å². The fraction of sp³-hybridized carbons (Fsp3) is 0.267. The van der Waals surface area contributed by atoms with Crippen LogP contribution in [0.1, 0.15) is 49.0 Å². The highest BCUT2D eigenvalue weighted by Crippen LogP contribution is 2.45. The first-order valence-corrected chi connectivity index (χ1v) is 13.6. The SMILES string of the molecule is Cc1cccc(Cn2nc(-c3nc(N)c4c(n3)NC(=O)C4(C)c3nc(CC(C)(C)C(=O)O)co3)c3ccc(Cl)cc32)c1. The van der Waals surface area contributed by atoms with Gasteiger partial charge in [0, 0.05) is 16.8 Å². The Kier molecular flexibility index (Phi) is 6.30. The Morgan fingerprint density at radius 2 is 1.98 bits per heavy atom. The number of carboxylic acids is 1. The first kappa shape index (κ1) is 27.4. The van der Waals surface area contributed by atoms with Crippen LogP contribution >= 0.6 is 11.6 Å². The molecule has 0 fully saturated rings. The van der Waals surface area contributed by atoms with Crippen LogP contribution in [-0.4, -0.2) is 41.7 Å². The van der Waals surface area contributed by atoms with Crippen molar-refractivity contribution < 1.29 is 19.1 Å².